The lowest BCUT2D eigenvalue weighted by Gasteiger charge is -2.23. The SMILES string of the molecule is COc1cc2c(Oc3ccc(NC(=O)c4csc(-c5ccccc5)n4)cc3F)ccnc2cc1OCC1CCNCC1. The van der Waals surface area contributed by atoms with Gasteiger partial charge in [0.05, 0.1) is 19.2 Å². The van der Waals surface area contributed by atoms with Gasteiger partial charge in [-0.15, -0.1) is 11.3 Å². The highest BCUT2D eigenvalue weighted by atomic mass is 32.1. The fourth-order valence-electron chi connectivity index (χ4n) is 4.81. The number of rotatable bonds is 9. The van der Waals surface area contributed by atoms with Gasteiger partial charge in [0.1, 0.15) is 16.5 Å². The van der Waals surface area contributed by atoms with Crippen molar-refractivity contribution < 1.29 is 23.4 Å². The van der Waals surface area contributed by atoms with Gasteiger partial charge >= 0.3 is 0 Å². The lowest BCUT2D eigenvalue weighted by atomic mass is 9.99. The van der Waals surface area contributed by atoms with Crippen LogP contribution in [0.25, 0.3) is 21.5 Å². The molecule has 3 aromatic carbocycles. The molecule has 0 atom stereocenters. The minimum absolute atomic E-state index is 0.00530. The van der Waals surface area contributed by atoms with Crippen LogP contribution < -0.4 is 24.8 Å². The van der Waals surface area contributed by atoms with Gasteiger partial charge in [0.2, 0.25) is 0 Å². The Morgan fingerprint density at radius 3 is 2.64 bits per heavy atom. The zero-order valence-electron chi connectivity index (χ0n) is 22.9. The molecule has 1 aliphatic rings. The first-order chi connectivity index (χ1) is 20.6. The Labute approximate surface area is 246 Å². The molecule has 0 bridgehead atoms. The number of nitrogens with zero attached hydrogens (tertiary/aromatic N) is 2. The number of aromatic nitrogens is 2. The summed E-state index contributed by atoms with van der Waals surface area (Å²) in [5, 5.41) is 9.13. The lowest BCUT2D eigenvalue weighted by molar-refractivity contribution is 0.102. The van der Waals surface area contributed by atoms with Crippen molar-refractivity contribution in [2.24, 2.45) is 5.92 Å². The molecule has 1 aliphatic heterocycles. The molecule has 1 fully saturated rings. The number of hydrogen-bond acceptors (Lipinski definition) is 8. The van der Waals surface area contributed by atoms with E-state index in [-0.39, 0.29) is 17.1 Å². The summed E-state index contributed by atoms with van der Waals surface area (Å²) in [4.78, 5) is 21.6. The highest BCUT2D eigenvalue weighted by Gasteiger charge is 2.18. The first-order valence-electron chi connectivity index (χ1n) is 13.7. The molecular weight excluding hydrogens is 555 g/mol. The summed E-state index contributed by atoms with van der Waals surface area (Å²) in [5.74, 6) is 1.00. The predicted molar refractivity (Wildman–Crippen MR) is 161 cm³/mol. The van der Waals surface area contributed by atoms with E-state index in [0.29, 0.717) is 40.7 Å². The van der Waals surface area contributed by atoms with Crippen LogP contribution in [0.4, 0.5) is 10.1 Å². The monoisotopic (exact) mass is 584 g/mol. The fraction of sp³-hybridized carbons (Fsp3) is 0.219. The molecule has 0 unspecified atom stereocenters. The van der Waals surface area contributed by atoms with Crippen molar-refractivity contribution in [3.63, 3.8) is 0 Å². The molecule has 5 aromatic rings. The van der Waals surface area contributed by atoms with E-state index in [4.69, 9.17) is 14.2 Å². The third kappa shape index (κ3) is 6.19. The van der Waals surface area contributed by atoms with Gasteiger partial charge in [0.15, 0.2) is 23.1 Å². The van der Waals surface area contributed by atoms with Crippen LogP contribution in [0.15, 0.2) is 78.3 Å². The van der Waals surface area contributed by atoms with Gasteiger partial charge in [-0.2, -0.15) is 0 Å². The molecule has 0 spiro atoms. The molecule has 10 heteroatoms. The van der Waals surface area contributed by atoms with Crippen molar-refractivity contribution in [2.45, 2.75) is 12.8 Å². The van der Waals surface area contributed by atoms with Crippen LogP contribution in [0.2, 0.25) is 0 Å². The fourth-order valence-corrected chi connectivity index (χ4v) is 5.62. The number of carbonyl (C=O) groups excluding carboxylic acids is 1. The number of pyridine rings is 1. The van der Waals surface area contributed by atoms with Gasteiger partial charge in [0, 0.05) is 40.3 Å². The molecular formula is C32H29FN4O4S. The van der Waals surface area contributed by atoms with E-state index in [1.54, 1.807) is 36.9 Å². The number of piperidine rings is 1. The first-order valence-corrected chi connectivity index (χ1v) is 14.6. The number of hydrogen-bond donors (Lipinski definition) is 2. The van der Waals surface area contributed by atoms with Crippen LogP contribution in [-0.2, 0) is 0 Å². The minimum Gasteiger partial charge on any atom is -0.493 e. The van der Waals surface area contributed by atoms with E-state index in [0.717, 1.165) is 36.5 Å². The average Bonchev–Trinajstić information content (AvgIpc) is 3.53. The van der Waals surface area contributed by atoms with Crippen LogP contribution in [-0.4, -0.2) is 42.7 Å². The molecule has 0 aliphatic carbocycles. The summed E-state index contributed by atoms with van der Waals surface area (Å²) in [6.45, 7) is 2.59. The number of benzene rings is 3. The molecule has 2 N–H and O–H groups in total. The Hall–Kier alpha value is -4.54. The van der Waals surface area contributed by atoms with Crippen LogP contribution >= 0.6 is 11.3 Å². The van der Waals surface area contributed by atoms with Crippen LogP contribution in [0.1, 0.15) is 23.3 Å². The number of halogens is 1. The van der Waals surface area contributed by atoms with Crippen molar-refractivity contribution in [3.05, 3.63) is 89.8 Å². The highest BCUT2D eigenvalue weighted by molar-refractivity contribution is 7.13. The maximum atomic E-state index is 15.1. The predicted octanol–water partition coefficient (Wildman–Crippen LogP) is 6.93. The van der Waals surface area contributed by atoms with E-state index < -0.39 is 11.7 Å². The van der Waals surface area contributed by atoms with Gasteiger partial charge in [-0.25, -0.2) is 9.37 Å². The summed E-state index contributed by atoms with van der Waals surface area (Å²) in [5.41, 5.74) is 2.11. The summed E-state index contributed by atoms with van der Waals surface area (Å²) < 4.78 is 32.8. The Balaban J connectivity index is 1.16. The molecule has 1 amide bonds. The normalized spacial score (nSPS) is 13.6. The number of thiazole rings is 1. The standard InChI is InChI=1S/C32H29FN4O4S/c1-39-29-16-23-25(17-30(29)40-18-20-9-12-34-13-10-20)35-14-11-27(23)41-28-8-7-22(15-24(28)33)36-31(38)26-19-42-32(37-26)21-5-3-2-4-6-21/h2-8,11,14-17,19-20,34H,9-10,12-13,18H2,1H3,(H,36,38). The smallest absolute Gasteiger partial charge is 0.275 e. The van der Waals surface area contributed by atoms with E-state index >= 15 is 4.39 Å². The molecule has 42 heavy (non-hydrogen) atoms. The molecule has 3 heterocycles. The Morgan fingerprint density at radius 1 is 1.02 bits per heavy atom. The third-order valence-electron chi connectivity index (χ3n) is 7.09. The number of anilines is 1. The highest BCUT2D eigenvalue weighted by Crippen LogP contribution is 2.38. The number of fused-ring (bicyclic) bond motifs is 1. The summed E-state index contributed by atoms with van der Waals surface area (Å²) in [7, 11) is 1.58. The van der Waals surface area contributed by atoms with Crippen molar-refractivity contribution in [2.75, 3.05) is 32.1 Å². The van der Waals surface area contributed by atoms with E-state index in [1.807, 2.05) is 36.4 Å². The first kappa shape index (κ1) is 27.6. The van der Waals surface area contributed by atoms with Crippen LogP contribution in [0.5, 0.6) is 23.0 Å². The van der Waals surface area contributed by atoms with Gasteiger partial charge in [-0.3, -0.25) is 9.78 Å². The quantitative estimate of drug-likeness (QED) is 0.194. The summed E-state index contributed by atoms with van der Waals surface area (Å²) in [6, 6.07) is 19.2. The van der Waals surface area contributed by atoms with Gasteiger partial charge in [0.25, 0.3) is 5.91 Å². The minimum atomic E-state index is -0.630. The van der Waals surface area contributed by atoms with Crippen molar-refractivity contribution in [1.82, 2.24) is 15.3 Å². The molecule has 6 rings (SSSR count). The second-order valence-electron chi connectivity index (χ2n) is 9.94. The lowest BCUT2D eigenvalue weighted by Crippen LogP contribution is -2.30. The summed E-state index contributed by atoms with van der Waals surface area (Å²) >= 11 is 1.37. The second kappa shape index (κ2) is 12.5. The molecule has 214 valence electrons. The maximum Gasteiger partial charge on any atom is 0.275 e. The number of ether oxygens (including phenoxy) is 3. The van der Waals surface area contributed by atoms with Gasteiger partial charge < -0.3 is 24.8 Å². The maximum absolute atomic E-state index is 15.1. The zero-order valence-corrected chi connectivity index (χ0v) is 23.7. The van der Waals surface area contributed by atoms with E-state index in [9.17, 15) is 4.79 Å². The number of carbonyl (C=O) groups is 1. The molecule has 8 nitrogen and oxygen atoms in total. The van der Waals surface area contributed by atoms with Crippen LogP contribution in [0.3, 0.4) is 0 Å². The van der Waals surface area contributed by atoms with Crippen LogP contribution in [0, 0.1) is 11.7 Å². The Bertz CT molecular complexity index is 1710. The molecule has 0 saturated carbocycles. The average molecular weight is 585 g/mol. The number of amides is 1. The second-order valence-corrected chi connectivity index (χ2v) is 10.8. The third-order valence-corrected chi connectivity index (χ3v) is 7.98. The summed E-state index contributed by atoms with van der Waals surface area (Å²) in [6.07, 6.45) is 3.74. The van der Waals surface area contributed by atoms with Crippen molar-refractivity contribution in [3.8, 4) is 33.6 Å². The zero-order chi connectivity index (χ0) is 28.9. The number of methoxy groups -OCH3 is 1. The number of nitrogens with one attached hydrogen (secondary N) is 2. The van der Waals surface area contributed by atoms with E-state index in [2.05, 4.69) is 20.6 Å². The Kier molecular flexibility index (Phi) is 8.25. The van der Waals surface area contributed by atoms with E-state index in [1.165, 1.54) is 23.5 Å². The van der Waals surface area contributed by atoms with Crippen molar-refractivity contribution >= 4 is 33.8 Å². The topological polar surface area (TPSA) is 94.6 Å². The van der Waals surface area contributed by atoms with Gasteiger partial charge in [-0.05, 0) is 56.1 Å². The van der Waals surface area contributed by atoms with Crippen molar-refractivity contribution in [1.29, 1.82) is 0 Å². The largest absolute Gasteiger partial charge is 0.493 e. The van der Waals surface area contributed by atoms with Gasteiger partial charge in [-0.1, -0.05) is 30.3 Å². The molecule has 2 aromatic heterocycles. The molecule has 1 saturated heterocycles. The molecule has 0 radical (unpaired) electrons. The Morgan fingerprint density at radius 2 is 1.86 bits per heavy atom.